The van der Waals surface area contributed by atoms with Crippen molar-refractivity contribution in [2.24, 2.45) is 0 Å². The molecule has 2 heterocycles. The number of carbonyl (C=O) groups excluding carboxylic acids is 2. The number of hydrogen-bond acceptors (Lipinski definition) is 6. The maximum absolute atomic E-state index is 13.4. The maximum atomic E-state index is 13.4. The molecule has 1 aliphatic heterocycles. The summed E-state index contributed by atoms with van der Waals surface area (Å²) >= 11 is 1.42. The number of para-hydroxylation sites is 1. The SMILES string of the molecule is Cc1cc(C)c(C#N)c(SCN(Cc2ccccc2)[C@H]2CC(=O)N(c3ccccc3)C2=O)n1. The number of hydrogen-bond donors (Lipinski definition) is 0. The van der Waals surface area contributed by atoms with Gasteiger partial charge in [-0.05, 0) is 43.2 Å². The van der Waals surface area contributed by atoms with E-state index in [2.05, 4.69) is 11.1 Å². The zero-order chi connectivity index (χ0) is 23.4. The number of benzene rings is 2. The molecule has 33 heavy (non-hydrogen) atoms. The molecule has 0 spiro atoms. The van der Waals surface area contributed by atoms with Crippen molar-refractivity contribution in [3.05, 3.63) is 89.1 Å². The maximum Gasteiger partial charge on any atom is 0.251 e. The summed E-state index contributed by atoms with van der Waals surface area (Å²) < 4.78 is 0. The second kappa shape index (κ2) is 9.99. The quantitative estimate of drug-likeness (QED) is 0.297. The molecule has 0 radical (unpaired) electrons. The second-order valence-electron chi connectivity index (χ2n) is 8.00. The third-order valence-corrected chi connectivity index (χ3v) is 6.63. The van der Waals surface area contributed by atoms with Gasteiger partial charge in [0.1, 0.15) is 11.1 Å². The van der Waals surface area contributed by atoms with Crippen molar-refractivity contribution in [1.82, 2.24) is 9.88 Å². The number of thioether (sulfide) groups is 1. The molecule has 4 rings (SSSR count). The van der Waals surface area contributed by atoms with E-state index < -0.39 is 6.04 Å². The van der Waals surface area contributed by atoms with Gasteiger partial charge in [-0.3, -0.25) is 14.5 Å². The predicted molar refractivity (Wildman–Crippen MR) is 128 cm³/mol. The molecule has 0 N–H and O–H groups in total. The second-order valence-corrected chi connectivity index (χ2v) is 8.93. The summed E-state index contributed by atoms with van der Waals surface area (Å²) in [6.07, 6.45) is 0.118. The van der Waals surface area contributed by atoms with Crippen LogP contribution in [-0.2, 0) is 16.1 Å². The van der Waals surface area contributed by atoms with E-state index in [1.165, 1.54) is 16.7 Å². The van der Waals surface area contributed by atoms with Crippen molar-refractivity contribution in [1.29, 1.82) is 5.26 Å². The largest absolute Gasteiger partial charge is 0.277 e. The Balaban J connectivity index is 1.62. The lowest BCUT2D eigenvalue weighted by Gasteiger charge is -2.27. The molecule has 0 bridgehead atoms. The zero-order valence-electron chi connectivity index (χ0n) is 18.6. The van der Waals surface area contributed by atoms with Crippen molar-refractivity contribution in [3.8, 4) is 6.07 Å². The molecule has 1 aromatic heterocycles. The standard InChI is InChI=1S/C26H24N4O2S/c1-18-13-19(2)28-25(22(18)15-27)33-17-29(16-20-9-5-3-6-10-20)23-14-24(31)30(26(23)32)21-11-7-4-8-12-21/h3-13,23H,14,16-17H2,1-2H3/t23-/m0/s1. The van der Waals surface area contributed by atoms with E-state index in [0.717, 1.165) is 16.8 Å². The number of nitrogens with zero attached hydrogens (tertiary/aromatic N) is 4. The molecule has 166 valence electrons. The molecule has 7 heteroatoms. The van der Waals surface area contributed by atoms with Crippen LogP contribution in [0.4, 0.5) is 5.69 Å². The van der Waals surface area contributed by atoms with Gasteiger partial charge >= 0.3 is 0 Å². The van der Waals surface area contributed by atoms with Crippen LogP contribution in [0.5, 0.6) is 0 Å². The average Bonchev–Trinajstić information content (AvgIpc) is 3.11. The summed E-state index contributed by atoms with van der Waals surface area (Å²) in [6.45, 7) is 4.31. The number of carbonyl (C=O) groups is 2. The molecule has 0 saturated carbocycles. The molecule has 1 fully saturated rings. The minimum absolute atomic E-state index is 0.118. The van der Waals surface area contributed by atoms with Crippen molar-refractivity contribution < 1.29 is 9.59 Å². The fourth-order valence-corrected chi connectivity index (χ4v) is 5.12. The molecule has 2 aromatic carbocycles. The molecule has 6 nitrogen and oxygen atoms in total. The minimum Gasteiger partial charge on any atom is -0.277 e. The van der Waals surface area contributed by atoms with Crippen LogP contribution < -0.4 is 4.90 Å². The van der Waals surface area contributed by atoms with Gasteiger partial charge in [0.25, 0.3) is 5.91 Å². The van der Waals surface area contributed by atoms with E-state index in [4.69, 9.17) is 0 Å². The van der Waals surface area contributed by atoms with Crippen LogP contribution >= 0.6 is 11.8 Å². The number of pyridine rings is 1. The van der Waals surface area contributed by atoms with Crippen molar-refractivity contribution in [2.45, 2.75) is 37.9 Å². The Morgan fingerprint density at radius 1 is 1.09 bits per heavy atom. The van der Waals surface area contributed by atoms with E-state index in [9.17, 15) is 14.9 Å². The predicted octanol–water partition coefficient (Wildman–Crippen LogP) is 4.45. The first-order valence-corrected chi connectivity index (χ1v) is 11.7. The first-order valence-electron chi connectivity index (χ1n) is 10.7. The van der Waals surface area contributed by atoms with Gasteiger partial charge in [-0.15, -0.1) is 0 Å². The Bertz CT molecular complexity index is 1210. The average molecular weight is 457 g/mol. The molecule has 0 unspecified atom stereocenters. The lowest BCUT2D eigenvalue weighted by Crippen LogP contribution is -2.41. The first kappa shape index (κ1) is 22.7. The highest BCUT2D eigenvalue weighted by atomic mass is 32.2. The van der Waals surface area contributed by atoms with Gasteiger partial charge in [0.2, 0.25) is 5.91 Å². The summed E-state index contributed by atoms with van der Waals surface area (Å²) in [5.74, 6) is -0.00989. The number of nitriles is 1. The highest BCUT2D eigenvalue weighted by molar-refractivity contribution is 7.99. The van der Waals surface area contributed by atoms with Crippen LogP contribution in [-0.4, -0.2) is 33.6 Å². The van der Waals surface area contributed by atoms with Crippen LogP contribution in [0.3, 0.4) is 0 Å². The van der Waals surface area contributed by atoms with Crippen molar-refractivity contribution in [2.75, 3.05) is 10.8 Å². The number of amides is 2. The van der Waals surface area contributed by atoms with Gasteiger partial charge in [-0.25, -0.2) is 9.88 Å². The highest BCUT2D eigenvalue weighted by Gasteiger charge is 2.42. The summed E-state index contributed by atoms with van der Waals surface area (Å²) in [6, 6.07) is 22.5. The van der Waals surface area contributed by atoms with Gasteiger partial charge in [0, 0.05) is 12.2 Å². The van der Waals surface area contributed by atoms with Crippen LogP contribution in [0.2, 0.25) is 0 Å². The third-order valence-electron chi connectivity index (χ3n) is 5.60. The first-order chi connectivity index (χ1) is 16.0. The van der Waals surface area contributed by atoms with Crippen molar-refractivity contribution >= 4 is 29.3 Å². The highest BCUT2D eigenvalue weighted by Crippen LogP contribution is 2.30. The minimum atomic E-state index is -0.582. The lowest BCUT2D eigenvalue weighted by atomic mass is 10.1. The summed E-state index contributed by atoms with van der Waals surface area (Å²) in [4.78, 5) is 34.1. The number of aromatic nitrogens is 1. The summed E-state index contributed by atoms with van der Waals surface area (Å²) in [5, 5.41) is 10.3. The van der Waals surface area contributed by atoms with E-state index in [-0.39, 0.29) is 18.2 Å². The van der Waals surface area contributed by atoms with Gasteiger partial charge in [-0.2, -0.15) is 5.26 Å². The topological polar surface area (TPSA) is 77.3 Å². The molecule has 1 atom stereocenters. The molecule has 1 aliphatic rings. The van der Waals surface area contributed by atoms with Gasteiger partial charge in [0.15, 0.2) is 0 Å². The van der Waals surface area contributed by atoms with Gasteiger partial charge in [-0.1, -0.05) is 60.3 Å². The van der Waals surface area contributed by atoms with Crippen molar-refractivity contribution in [3.63, 3.8) is 0 Å². The zero-order valence-corrected chi connectivity index (χ0v) is 19.4. The number of imide groups is 1. The molecule has 1 saturated heterocycles. The van der Waals surface area contributed by atoms with Crippen LogP contribution in [0.15, 0.2) is 71.8 Å². The monoisotopic (exact) mass is 456 g/mol. The van der Waals surface area contributed by atoms with Crippen LogP contribution in [0, 0.1) is 25.2 Å². The van der Waals surface area contributed by atoms with E-state index >= 15 is 0 Å². The third kappa shape index (κ3) is 4.98. The number of rotatable bonds is 7. The van der Waals surface area contributed by atoms with E-state index in [0.29, 0.717) is 28.7 Å². The normalized spacial score (nSPS) is 15.8. The Kier molecular flexibility index (Phi) is 6.87. The summed E-state index contributed by atoms with van der Waals surface area (Å²) in [7, 11) is 0. The molecular weight excluding hydrogens is 432 g/mol. The molecule has 3 aromatic rings. The lowest BCUT2D eigenvalue weighted by molar-refractivity contribution is -0.122. The van der Waals surface area contributed by atoms with E-state index in [1.54, 1.807) is 12.1 Å². The molecular formula is C26H24N4O2S. The van der Waals surface area contributed by atoms with E-state index in [1.807, 2.05) is 73.3 Å². The Hall–Kier alpha value is -3.47. The van der Waals surface area contributed by atoms with Crippen LogP contribution in [0.1, 0.15) is 28.8 Å². The van der Waals surface area contributed by atoms with Gasteiger partial charge < -0.3 is 0 Å². The van der Waals surface area contributed by atoms with Gasteiger partial charge in [0.05, 0.1) is 29.6 Å². The fourth-order valence-electron chi connectivity index (χ4n) is 4.00. The Morgan fingerprint density at radius 3 is 2.42 bits per heavy atom. The smallest absolute Gasteiger partial charge is 0.251 e. The Morgan fingerprint density at radius 2 is 1.76 bits per heavy atom. The number of anilines is 1. The number of aryl methyl sites for hydroxylation is 2. The molecule has 2 amide bonds. The molecule has 0 aliphatic carbocycles. The van der Waals surface area contributed by atoms with Crippen LogP contribution in [0.25, 0.3) is 0 Å². The fraction of sp³-hybridized carbons (Fsp3) is 0.231. The summed E-state index contributed by atoms with van der Waals surface area (Å²) in [5.41, 5.74) is 3.90. The Labute approximate surface area is 197 Å².